The Morgan fingerprint density at radius 1 is 1.17 bits per heavy atom. The average Bonchev–Trinajstić information content (AvgIpc) is 3.11. The second-order valence-electron chi connectivity index (χ2n) is 5.93. The summed E-state index contributed by atoms with van der Waals surface area (Å²) < 4.78 is 0. The summed E-state index contributed by atoms with van der Waals surface area (Å²) in [5.41, 5.74) is 6.29. The first-order chi connectivity index (χ1) is 11.0. The lowest BCUT2D eigenvalue weighted by molar-refractivity contribution is -0.134. The number of nitrogens with one attached hydrogen (secondary N) is 1. The fraction of sp³-hybridized carbons (Fsp3) is 0.444. The largest absolute Gasteiger partial charge is 0.478 e. The molecule has 0 radical (unpaired) electrons. The van der Waals surface area contributed by atoms with Gasteiger partial charge in [0.1, 0.15) is 0 Å². The lowest BCUT2D eigenvalue weighted by Gasteiger charge is -2.11. The fourth-order valence-corrected chi connectivity index (χ4v) is 3.25. The van der Waals surface area contributed by atoms with Crippen LogP contribution in [0, 0.1) is 0 Å². The van der Waals surface area contributed by atoms with Crippen molar-refractivity contribution in [3.63, 3.8) is 0 Å². The first-order valence-electron chi connectivity index (χ1n) is 8.05. The van der Waals surface area contributed by atoms with Crippen molar-refractivity contribution in [3.05, 3.63) is 41.0 Å². The summed E-state index contributed by atoms with van der Waals surface area (Å²) in [6.07, 6.45) is 8.90. The maximum Gasteiger partial charge on any atom is 0.328 e. The lowest BCUT2D eigenvalue weighted by atomic mass is 10.0. The van der Waals surface area contributed by atoms with E-state index < -0.39 is 11.9 Å². The number of aliphatic carboxylic acids is 2. The molecule has 1 unspecified atom stereocenters. The van der Waals surface area contributed by atoms with Gasteiger partial charge in [-0.2, -0.15) is 0 Å². The van der Waals surface area contributed by atoms with E-state index in [-0.39, 0.29) is 6.15 Å². The van der Waals surface area contributed by atoms with Gasteiger partial charge in [-0.25, -0.2) is 9.59 Å². The Balaban J connectivity index is 0.000000279. The first-order valence-corrected chi connectivity index (χ1v) is 8.05. The molecule has 6 nitrogen and oxygen atoms in total. The molecule has 1 aliphatic heterocycles. The van der Waals surface area contributed by atoms with Crippen LogP contribution in [0.5, 0.6) is 0 Å². The van der Waals surface area contributed by atoms with E-state index in [1.165, 1.54) is 44.2 Å². The molecule has 1 aromatic rings. The highest BCUT2D eigenvalue weighted by atomic mass is 16.4. The zero-order valence-corrected chi connectivity index (χ0v) is 14.0. The first kappa shape index (κ1) is 19.7. The van der Waals surface area contributed by atoms with Gasteiger partial charge in [-0.05, 0) is 48.8 Å². The SMILES string of the molecule is CCCC1Cc2ccc3c(c2N1)CCC3.N.O=C(O)C=CC(=O)O. The standard InChI is InChI=1S/C14H19N.C4H4O4.H3N/c1-2-4-12-9-11-8-7-10-5-3-6-13(10)14(11)15-12;5-3(6)1-2-4(7)8;/h7-8,12,15H,2-6,9H2,1H3;1-2H,(H,5,6)(H,7,8);1H3. The average molecular weight is 334 g/mol. The van der Waals surface area contributed by atoms with E-state index in [1.54, 1.807) is 16.7 Å². The molecule has 1 atom stereocenters. The molecule has 6 heteroatoms. The van der Waals surface area contributed by atoms with Crippen molar-refractivity contribution >= 4 is 17.6 Å². The summed E-state index contributed by atoms with van der Waals surface area (Å²) >= 11 is 0. The van der Waals surface area contributed by atoms with Gasteiger partial charge in [-0.1, -0.05) is 25.5 Å². The van der Waals surface area contributed by atoms with E-state index in [0.29, 0.717) is 18.2 Å². The normalized spacial score (nSPS) is 17.1. The molecule has 24 heavy (non-hydrogen) atoms. The van der Waals surface area contributed by atoms with Gasteiger partial charge in [0.05, 0.1) is 0 Å². The number of anilines is 1. The maximum atomic E-state index is 9.55. The molecule has 1 heterocycles. The maximum absolute atomic E-state index is 9.55. The molecular weight excluding hydrogens is 308 g/mol. The molecule has 0 spiro atoms. The highest BCUT2D eigenvalue weighted by Gasteiger charge is 2.25. The topological polar surface area (TPSA) is 122 Å². The molecular formula is C18H26N2O4. The molecule has 6 N–H and O–H groups in total. The highest BCUT2D eigenvalue weighted by molar-refractivity contribution is 5.89. The Morgan fingerprint density at radius 3 is 2.38 bits per heavy atom. The van der Waals surface area contributed by atoms with Crippen LogP contribution in [0.3, 0.4) is 0 Å². The van der Waals surface area contributed by atoms with Gasteiger partial charge >= 0.3 is 11.9 Å². The van der Waals surface area contributed by atoms with E-state index in [1.807, 2.05) is 0 Å². The van der Waals surface area contributed by atoms with E-state index in [2.05, 4.69) is 24.4 Å². The van der Waals surface area contributed by atoms with Crippen LogP contribution < -0.4 is 11.5 Å². The number of carboxylic acids is 2. The number of benzene rings is 1. The minimum absolute atomic E-state index is 0. The van der Waals surface area contributed by atoms with Gasteiger partial charge in [-0.15, -0.1) is 0 Å². The van der Waals surface area contributed by atoms with Crippen LogP contribution in [0.15, 0.2) is 24.3 Å². The van der Waals surface area contributed by atoms with Gasteiger partial charge in [0.25, 0.3) is 0 Å². The molecule has 1 aromatic carbocycles. The van der Waals surface area contributed by atoms with Crippen molar-refractivity contribution in [2.75, 3.05) is 5.32 Å². The number of carbonyl (C=O) groups is 2. The van der Waals surface area contributed by atoms with Crippen molar-refractivity contribution in [3.8, 4) is 0 Å². The number of carboxylic acid groups (broad SMARTS) is 2. The number of fused-ring (bicyclic) bond motifs is 3. The number of rotatable bonds is 4. The third kappa shape index (κ3) is 5.09. The molecule has 0 aromatic heterocycles. The van der Waals surface area contributed by atoms with Crippen LogP contribution in [-0.4, -0.2) is 28.2 Å². The quantitative estimate of drug-likeness (QED) is 0.627. The van der Waals surface area contributed by atoms with E-state index >= 15 is 0 Å². The summed E-state index contributed by atoms with van der Waals surface area (Å²) in [5.74, 6) is -2.51. The van der Waals surface area contributed by atoms with Crippen molar-refractivity contribution in [1.82, 2.24) is 6.15 Å². The predicted octanol–water partition coefficient (Wildman–Crippen LogP) is 3.19. The smallest absolute Gasteiger partial charge is 0.328 e. The van der Waals surface area contributed by atoms with Gasteiger partial charge < -0.3 is 21.7 Å². The molecule has 0 bridgehead atoms. The van der Waals surface area contributed by atoms with Crippen molar-refractivity contribution < 1.29 is 19.8 Å². The molecule has 3 rings (SSSR count). The van der Waals surface area contributed by atoms with Crippen molar-refractivity contribution in [1.29, 1.82) is 0 Å². The van der Waals surface area contributed by atoms with Crippen LogP contribution >= 0.6 is 0 Å². The van der Waals surface area contributed by atoms with Crippen molar-refractivity contribution in [2.45, 2.75) is 51.5 Å². The second-order valence-corrected chi connectivity index (χ2v) is 5.93. The molecule has 1 aliphatic carbocycles. The van der Waals surface area contributed by atoms with Crippen LogP contribution in [0.2, 0.25) is 0 Å². The van der Waals surface area contributed by atoms with Crippen LogP contribution in [0.25, 0.3) is 0 Å². The Labute approximate surface area is 142 Å². The Hall–Kier alpha value is -2.34. The number of aryl methyl sites for hydroxylation is 1. The van der Waals surface area contributed by atoms with Gasteiger partial charge in [-0.3, -0.25) is 0 Å². The zero-order valence-electron chi connectivity index (χ0n) is 14.0. The Kier molecular flexibility index (Phi) is 7.45. The third-order valence-corrected chi connectivity index (χ3v) is 4.19. The summed E-state index contributed by atoms with van der Waals surface area (Å²) in [5, 5.41) is 19.4. The Morgan fingerprint density at radius 2 is 1.79 bits per heavy atom. The fourth-order valence-electron chi connectivity index (χ4n) is 3.25. The second kappa shape index (κ2) is 9.08. The summed E-state index contributed by atoms with van der Waals surface area (Å²) in [6.45, 7) is 2.27. The van der Waals surface area contributed by atoms with Gasteiger partial charge in [0.2, 0.25) is 0 Å². The molecule has 0 amide bonds. The van der Waals surface area contributed by atoms with Gasteiger partial charge in [0.15, 0.2) is 0 Å². The van der Waals surface area contributed by atoms with E-state index in [0.717, 1.165) is 0 Å². The molecule has 0 saturated heterocycles. The van der Waals surface area contributed by atoms with Crippen LogP contribution in [-0.2, 0) is 28.9 Å². The summed E-state index contributed by atoms with van der Waals surface area (Å²) in [7, 11) is 0. The minimum atomic E-state index is -1.26. The number of hydrogen-bond donors (Lipinski definition) is 4. The lowest BCUT2D eigenvalue weighted by Crippen LogP contribution is -2.14. The van der Waals surface area contributed by atoms with E-state index in [4.69, 9.17) is 10.2 Å². The van der Waals surface area contributed by atoms with Crippen LogP contribution in [0.4, 0.5) is 5.69 Å². The van der Waals surface area contributed by atoms with Crippen molar-refractivity contribution in [2.24, 2.45) is 0 Å². The monoisotopic (exact) mass is 334 g/mol. The van der Waals surface area contributed by atoms with Crippen LogP contribution in [0.1, 0.15) is 42.9 Å². The third-order valence-electron chi connectivity index (χ3n) is 4.19. The molecule has 0 fully saturated rings. The minimum Gasteiger partial charge on any atom is -0.478 e. The predicted molar refractivity (Wildman–Crippen MR) is 93.9 cm³/mol. The Bertz CT molecular complexity index is 610. The zero-order chi connectivity index (χ0) is 16.8. The highest BCUT2D eigenvalue weighted by Crippen LogP contribution is 2.37. The summed E-state index contributed by atoms with van der Waals surface area (Å²) in [4.78, 5) is 19.1. The number of hydrogen-bond acceptors (Lipinski definition) is 4. The molecule has 132 valence electrons. The molecule has 2 aliphatic rings. The molecule has 0 saturated carbocycles. The van der Waals surface area contributed by atoms with Gasteiger partial charge in [0, 0.05) is 23.9 Å². The van der Waals surface area contributed by atoms with E-state index in [9.17, 15) is 9.59 Å². The summed E-state index contributed by atoms with van der Waals surface area (Å²) in [6, 6.07) is 5.41.